The lowest BCUT2D eigenvalue weighted by atomic mass is 10.1. The van der Waals surface area contributed by atoms with Gasteiger partial charge in [0.05, 0.1) is 11.3 Å². The van der Waals surface area contributed by atoms with Crippen LogP contribution in [-0.4, -0.2) is 23.8 Å². The number of hydrogen-bond acceptors (Lipinski definition) is 3. The van der Waals surface area contributed by atoms with E-state index in [1.165, 1.54) is 6.92 Å². The molecule has 0 aromatic heterocycles. The summed E-state index contributed by atoms with van der Waals surface area (Å²) in [6.45, 7) is 4.96. The van der Waals surface area contributed by atoms with Gasteiger partial charge in [0.1, 0.15) is 6.04 Å². The Labute approximate surface area is 129 Å². The van der Waals surface area contributed by atoms with Crippen molar-refractivity contribution in [3.8, 4) is 0 Å². The van der Waals surface area contributed by atoms with Crippen LogP contribution in [0.3, 0.4) is 0 Å². The molecule has 1 atom stereocenters. The van der Waals surface area contributed by atoms with Crippen LogP contribution in [0.25, 0.3) is 0 Å². The van der Waals surface area contributed by atoms with Crippen molar-refractivity contribution in [3.05, 3.63) is 42.5 Å². The number of unbranched alkanes of at least 4 members (excludes halogenated alkanes) is 1. The summed E-state index contributed by atoms with van der Waals surface area (Å²) < 4.78 is 0. The number of carbonyl (C=O) groups is 3. The van der Waals surface area contributed by atoms with Gasteiger partial charge in [-0.1, -0.05) is 18.2 Å². The number of anilines is 1. The first-order valence-corrected chi connectivity index (χ1v) is 7.03. The summed E-state index contributed by atoms with van der Waals surface area (Å²) >= 11 is 0. The van der Waals surface area contributed by atoms with Gasteiger partial charge in [0, 0.05) is 6.92 Å². The number of para-hydroxylation sites is 1. The largest absolute Gasteiger partial charge is 0.368 e. The zero-order valence-corrected chi connectivity index (χ0v) is 12.6. The van der Waals surface area contributed by atoms with E-state index in [0.717, 1.165) is 6.42 Å². The first kappa shape index (κ1) is 17.4. The second-order valence-electron chi connectivity index (χ2n) is 4.87. The molecule has 0 spiro atoms. The van der Waals surface area contributed by atoms with E-state index in [1.54, 1.807) is 30.3 Å². The molecule has 118 valence electrons. The molecule has 3 amide bonds. The van der Waals surface area contributed by atoms with E-state index in [9.17, 15) is 14.4 Å². The number of nitrogens with two attached hydrogens (primary N) is 1. The lowest BCUT2D eigenvalue weighted by Gasteiger charge is -2.16. The smallest absolute Gasteiger partial charge is 0.254 e. The van der Waals surface area contributed by atoms with Crippen molar-refractivity contribution >= 4 is 23.4 Å². The van der Waals surface area contributed by atoms with Crippen LogP contribution >= 0.6 is 0 Å². The third kappa shape index (κ3) is 5.40. The topological polar surface area (TPSA) is 101 Å². The van der Waals surface area contributed by atoms with Crippen LogP contribution in [0.5, 0.6) is 0 Å². The summed E-state index contributed by atoms with van der Waals surface area (Å²) in [5.74, 6) is -1.32. The average Bonchev–Trinajstić information content (AvgIpc) is 2.46. The van der Waals surface area contributed by atoms with E-state index < -0.39 is 17.9 Å². The normalized spacial score (nSPS) is 11.3. The van der Waals surface area contributed by atoms with Gasteiger partial charge < -0.3 is 16.4 Å². The Morgan fingerprint density at radius 2 is 2.00 bits per heavy atom. The van der Waals surface area contributed by atoms with Crippen LogP contribution in [-0.2, 0) is 9.59 Å². The number of nitrogens with one attached hydrogen (secondary N) is 2. The van der Waals surface area contributed by atoms with E-state index in [0.29, 0.717) is 18.5 Å². The maximum Gasteiger partial charge on any atom is 0.254 e. The van der Waals surface area contributed by atoms with Crippen molar-refractivity contribution in [2.24, 2.45) is 5.73 Å². The maximum absolute atomic E-state index is 12.3. The lowest BCUT2D eigenvalue weighted by molar-refractivity contribution is -0.120. The molecule has 0 radical (unpaired) electrons. The predicted octanol–water partition coefficient (Wildman–Crippen LogP) is 1.58. The van der Waals surface area contributed by atoms with Gasteiger partial charge in [-0.25, -0.2) is 0 Å². The number of amides is 3. The molecule has 6 nitrogen and oxygen atoms in total. The van der Waals surface area contributed by atoms with Gasteiger partial charge in [0.15, 0.2) is 0 Å². The molecule has 0 heterocycles. The van der Waals surface area contributed by atoms with Crippen LogP contribution in [0.2, 0.25) is 0 Å². The SMILES string of the molecule is C=CCCC[C@@H](NC(=O)c1ccccc1NC(C)=O)C(N)=O. The minimum absolute atomic E-state index is 0.280. The number of carbonyl (C=O) groups excluding carboxylic acids is 3. The van der Waals surface area contributed by atoms with Gasteiger partial charge >= 0.3 is 0 Å². The summed E-state index contributed by atoms with van der Waals surface area (Å²) in [4.78, 5) is 34.9. The maximum atomic E-state index is 12.3. The Morgan fingerprint density at radius 1 is 1.32 bits per heavy atom. The molecule has 1 rings (SSSR count). The highest BCUT2D eigenvalue weighted by Crippen LogP contribution is 2.15. The average molecular weight is 303 g/mol. The zero-order chi connectivity index (χ0) is 16.5. The van der Waals surface area contributed by atoms with Gasteiger partial charge in [0.25, 0.3) is 5.91 Å². The molecule has 0 bridgehead atoms. The molecule has 1 aromatic carbocycles. The molecule has 22 heavy (non-hydrogen) atoms. The van der Waals surface area contributed by atoms with Crippen LogP contribution in [0.4, 0.5) is 5.69 Å². The molecule has 0 aliphatic carbocycles. The number of allylic oxidation sites excluding steroid dienone is 1. The molecule has 4 N–H and O–H groups in total. The van der Waals surface area contributed by atoms with Crippen molar-refractivity contribution < 1.29 is 14.4 Å². The Kier molecular flexibility index (Phi) is 6.82. The van der Waals surface area contributed by atoms with E-state index in [2.05, 4.69) is 17.2 Å². The summed E-state index contributed by atoms with van der Waals surface area (Å²) in [7, 11) is 0. The Morgan fingerprint density at radius 3 is 2.59 bits per heavy atom. The molecule has 0 aliphatic rings. The first-order valence-electron chi connectivity index (χ1n) is 7.03. The second-order valence-corrected chi connectivity index (χ2v) is 4.87. The van der Waals surface area contributed by atoms with Crippen molar-refractivity contribution in [1.29, 1.82) is 0 Å². The highest BCUT2D eigenvalue weighted by atomic mass is 16.2. The van der Waals surface area contributed by atoms with Crippen molar-refractivity contribution in [1.82, 2.24) is 5.32 Å². The van der Waals surface area contributed by atoms with Gasteiger partial charge in [0.2, 0.25) is 11.8 Å². The molecule has 0 saturated carbocycles. The summed E-state index contributed by atoms with van der Waals surface area (Å²) in [5.41, 5.74) is 5.99. The van der Waals surface area contributed by atoms with Crippen molar-refractivity contribution in [2.45, 2.75) is 32.2 Å². The Balaban J connectivity index is 2.83. The fourth-order valence-corrected chi connectivity index (χ4v) is 1.97. The molecule has 0 fully saturated rings. The first-order chi connectivity index (χ1) is 10.5. The molecular weight excluding hydrogens is 282 g/mol. The van der Waals surface area contributed by atoms with Gasteiger partial charge in [-0.2, -0.15) is 0 Å². The van der Waals surface area contributed by atoms with Gasteiger partial charge in [-0.15, -0.1) is 6.58 Å². The molecule has 1 aromatic rings. The predicted molar refractivity (Wildman–Crippen MR) is 85.2 cm³/mol. The molecule has 0 saturated heterocycles. The number of rotatable bonds is 8. The van der Waals surface area contributed by atoms with Crippen LogP contribution < -0.4 is 16.4 Å². The van der Waals surface area contributed by atoms with Crippen LogP contribution in [0.1, 0.15) is 36.5 Å². The molecule has 0 unspecified atom stereocenters. The monoisotopic (exact) mass is 303 g/mol. The highest BCUT2D eigenvalue weighted by Gasteiger charge is 2.20. The zero-order valence-electron chi connectivity index (χ0n) is 12.6. The fourth-order valence-electron chi connectivity index (χ4n) is 1.97. The summed E-state index contributed by atoms with van der Waals surface area (Å²) in [6, 6.07) is 5.82. The second kappa shape index (κ2) is 8.61. The van der Waals surface area contributed by atoms with E-state index in [-0.39, 0.29) is 11.5 Å². The lowest BCUT2D eigenvalue weighted by Crippen LogP contribution is -2.44. The Bertz CT molecular complexity index is 570. The minimum Gasteiger partial charge on any atom is -0.368 e. The summed E-state index contributed by atoms with van der Waals surface area (Å²) in [5, 5.41) is 5.19. The third-order valence-electron chi connectivity index (χ3n) is 3.03. The standard InChI is InChI=1S/C16H21N3O3/c1-3-4-5-10-14(15(17)21)19-16(22)12-8-6-7-9-13(12)18-11(2)20/h3,6-9,14H,1,4-5,10H2,2H3,(H2,17,21)(H,18,20)(H,19,22)/t14-/m1/s1. The van der Waals surface area contributed by atoms with Crippen molar-refractivity contribution in [2.75, 3.05) is 5.32 Å². The van der Waals surface area contributed by atoms with E-state index in [1.807, 2.05) is 0 Å². The minimum atomic E-state index is -0.752. The highest BCUT2D eigenvalue weighted by molar-refractivity contribution is 6.04. The van der Waals surface area contributed by atoms with E-state index in [4.69, 9.17) is 5.73 Å². The van der Waals surface area contributed by atoms with Crippen LogP contribution in [0, 0.1) is 0 Å². The molecular formula is C16H21N3O3. The molecule has 6 heteroatoms. The van der Waals surface area contributed by atoms with Gasteiger partial charge in [-0.3, -0.25) is 14.4 Å². The van der Waals surface area contributed by atoms with E-state index >= 15 is 0 Å². The number of benzene rings is 1. The van der Waals surface area contributed by atoms with Crippen LogP contribution in [0.15, 0.2) is 36.9 Å². The summed E-state index contributed by atoms with van der Waals surface area (Å²) in [6.07, 6.45) is 3.62. The van der Waals surface area contributed by atoms with Gasteiger partial charge in [-0.05, 0) is 31.4 Å². The van der Waals surface area contributed by atoms with Crippen molar-refractivity contribution in [3.63, 3.8) is 0 Å². The quantitative estimate of drug-likeness (QED) is 0.502. The number of hydrogen-bond donors (Lipinski definition) is 3. The Hall–Kier alpha value is -2.63. The number of primary amides is 1. The fraction of sp³-hybridized carbons (Fsp3) is 0.312. The third-order valence-corrected chi connectivity index (χ3v) is 3.03. The molecule has 0 aliphatic heterocycles.